The van der Waals surface area contributed by atoms with E-state index < -0.39 is 29.2 Å². The van der Waals surface area contributed by atoms with E-state index in [1.165, 1.54) is 24.7 Å². The molecule has 9 heteroatoms. The number of rotatable bonds is 7. The lowest BCUT2D eigenvalue weighted by molar-refractivity contribution is -0.137. The normalized spacial score (nSPS) is 11.2. The van der Waals surface area contributed by atoms with Gasteiger partial charge in [0.05, 0.1) is 23.1 Å². The largest absolute Gasteiger partial charge is 0.472 e. The zero-order valence-corrected chi connectivity index (χ0v) is 13.9. The highest BCUT2D eigenvalue weighted by atomic mass is 19.4. The molecule has 0 spiro atoms. The monoisotopic (exact) mass is 370 g/mol. The zero-order valence-electron chi connectivity index (χ0n) is 13.9. The lowest BCUT2D eigenvalue weighted by Gasteiger charge is -2.15. The molecule has 0 fully saturated rings. The third-order valence-corrected chi connectivity index (χ3v) is 3.22. The number of carbonyl (C=O) groups is 2. The number of halogens is 3. The third-order valence-electron chi connectivity index (χ3n) is 3.22. The minimum Gasteiger partial charge on any atom is -0.472 e. The molecule has 0 saturated carbocycles. The number of ether oxygens (including phenoxy) is 1. The van der Waals surface area contributed by atoms with Gasteiger partial charge in [0.1, 0.15) is 12.9 Å². The molecule has 1 heterocycles. The van der Waals surface area contributed by atoms with Gasteiger partial charge in [0.15, 0.2) is 0 Å². The molecule has 6 nitrogen and oxygen atoms in total. The van der Waals surface area contributed by atoms with Crippen LogP contribution in [0, 0.1) is 0 Å². The minimum atomic E-state index is -4.72. The van der Waals surface area contributed by atoms with Gasteiger partial charge in [-0.05, 0) is 30.7 Å². The van der Waals surface area contributed by atoms with Crippen molar-refractivity contribution >= 4 is 23.2 Å². The van der Waals surface area contributed by atoms with E-state index in [1.807, 2.05) is 6.92 Å². The molecule has 0 radical (unpaired) electrons. The molecule has 0 aliphatic carbocycles. The Labute approximate surface area is 147 Å². The number of anilines is 2. The summed E-state index contributed by atoms with van der Waals surface area (Å²) in [5.41, 5.74) is -1.39. The van der Waals surface area contributed by atoms with Crippen molar-refractivity contribution in [3.8, 4) is 0 Å². The third kappa shape index (κ3) is 5.35. The summed E-state index contributed by atoms with van der Waals surface area (Å²) >= 11 is 0. The predicted molar refractivity (Wildman–Crippen MR) is 87.8 cm³/mol. The molecule has 0 aliphatic heterocycles. The van der Waals surface area contributed by atoms with Crippen LogP contribution in [0.5, 0.6) is 0 Å². The molecule has 0 saturated heterocycles. The summed E-state index contributed by atoms with van der Waals surface area (Å²) in [6.07, 6.45) is -1.59. The molecule has 0 atom stereocenters. The van der Waals surface area contributed by atoms with Gasteiger partial charge in [-0.25, -0.2) is 0 Å². The average Bonchev–Trinajstić information content (AvgIpc) is 3.10. The number of nitrogens with one attached hydrogen (secondary N) is 2. The van der Waals surface area contributed by atoms with Crippen LogP contribution >= 0.6 is 0 Å². The van der Waals surface area contributed by atoms with E-state index in [0.29, 0.717) is 13.0 Å². The van der Waals surface area contributed by atoms with Crippen molar-refractivity contribution in [3.05, 3.63) is 47.9 Å². The quantitative estimate of drug-likeness (QED) is 0.724. The van der Waals surface area contributed by atoms with E-state index in [4.69, 9.17) is 9.15 Å². The van der Waals surface area contributed by atoms with Gasteiger partial charge < -0.3 is 19.8 Å². The van der Waals surface area contributed by atoms with Crippen molar-refractivity contribution in [1.82, 2.24) is 0 Å². The standard InChI is InChI=1S/C17H17F3N2O4/c1-2-6-25-10-15(23)22-14-4-3-12(8-13(14)17(18,19)20)21-16(24)11-5-7-26-9-11/h3-5,7-9H,2,6,10H2,1H3,(H,21,24)(H,22,23). The van der Waals surface area contributed by atoms with Crippen LogP contribution in [-0.2, 0) is 15.7 Å². The molecule has 1 aromatic carbocycles. The number of furan rings is 1. The maximum absolute atomic E-state index is 13.3. The summed E-state index contributed by atoms with van der Waals surface area (Å²) in [6, 6.07) is 4.46. The molecule has 1 aromatic heterocycles. The molecular formula is C17H17F3N2O4. The zero-order chi connectivity index (χ0) is 19.2. The summed E-state index contributed by atoms with van der Waals surface area (Å²) < 4.78 is 49.6. The Morgan fingerprint density at radius 3 is 2.58 bits per heavy atom. The number of carbonyl (C=O) groups excluding carboxylic acids is 2. The van der Waals surface area contributed by atoms with E-state index in [0.717, 1.165) is 12.1 Å². The van der Waals surface area contributed by atoms with E-state index >= 15 is 0 Å². The first kappa shape index (κ1) is 19.5. The summed E-state index contributed by atoms with van der Waals surface area (Å²) in [6.45, 7) is 1.83. The molecule has 2 N–H and O–H groups in total. The fourth-order valence-corrected chi connectivity index (χ4v) is 2.06. The first-order valence-electron chi connectivity index (χ1n) is 7.73. The number of amides is 2. The van der Waals surface area contributed by atoms with Crippen molar-refractivity contribution in [3.63, 3.8) is 0 Å². The Morgan fingerprint density at radius 1 is 1.19 bits per heavy atom. The Kier molecular flexibility index (Phi) is 6.40. The summed E-state index contributed by atoms with van der Waals surface area (Å²) in [4.78, 5) is 23.6. The van der Waals surface area contributed by atoms with Gasteiger partial charge in [-0.3, -0.25) is 9.59 Å². The lowest BCUT2D eigenvalue weighted by atomic mass is 10.1. The highest BCUT2D eigenvalue weighted by Crippen LogP contribution is 2.36. The van der Waals surface area contributed by atoms with Crippen LogP contribution in [0.15, 0.2) is 41.2 Å². The fourth-order valence-electron chi connectivity index (χ4n) is 2.06. The van der Waals surface area contributed by atoms with Gasteiger partial charge in [-0.2, -0.15) is 13.2 Å². The second kappa shape index (κ2) is 8.52. The van der Waals surface area contributed by atoms with Crippen LogP contribution < -0.4 is 10.6 Å². The van der Waals surface area contributed by atoms with E-state index in [1.54, 1.807) is 0 Å². The summed E-state index contributed by atoms with van der Waals surface area (Å²) in [5, 5.41) is 4.52. The second-order valence-corrected chi connectivity index (χ2v) is 5.33. The highest BCUT2D eigenvalue weighted by Gasteiger charge is 2.34. The first-order chi connectivity index (χ1) is 12.3. The molecule has 2 aromatic rings. The number of hydrogen-bond donors (Lipinski definition) is 2. The number of hydrogen-bond acceptors (Lipinski definition) is 4. The smallest absolute Gasteiger partial charge is 0.418 e. The van der Waals surface area contributed by atoms with E-state index in [2.05, 4.69) is 10.6 Å². The predicted octanol–water partition coefficient (Wildman–Crippen LogP) is 3.92. The fraction of sp³-hybridized carbons (Fsp3) is 0.294. The van der Waals surface area contributed by atoms with Crippen molar-refractivity contribution in [1.29, 1.82) is 0 Å². The van der Waals surface area contributed by atoms with Gasteiger partial charge in [0, 0.05) is 12.3 Å². The van der Waals surface area contributed by atoms with Crippen molar-refractivity contribution in [2.24, 2.45) is 0 Å². The van der Waals surface area contributed by atoms with Gasteiger partial charge in [-0.15, -0.1) is 0 Å². The molecule has 2 amide bonds. The topological polar surface area (TPSA) is 80.6 Å². The maximum Gasteiger partial charge on any atom is 0.418 e. The second-order valence-electron chi connectivity index (χ2n) is 5.33. The van der Waals surface area contributed by atoms with Gasteiger partial charge in [0.25, 0.3) is 5.91 Å². The van der Waals surface area contributed by atoms with Crippen molar-refractivity contribution in [2.75, 3.05) is 23.8 Å². The van der Waals surface area contributed by atoms with E-state index in [9.17, 15) is 22.8 Å². The Morgan fingerprint density at radius 2 is 1.96 bits per heavy atom. The van der Waals surface area contributed by atoms with Crippen LogP contribution in [0.2, 0.25) is 0 Å². The van der Waals surface area contributed by atoms with Crippen LogP contribution in [-0.4, -0.2) is 25.0 Å². The molecule has 2 rings (SSSR count). The first-order valence-corrected chi connectivity index (χ1v) is 7.73. The average molecular weight is 370 g/mol. The summed E-state index contributed by atoms with van der Waals surface area (Å²) in [5.74, 6) is -1.31. The molecule has 26 heavy (non-hydrogen) atoms. The summed E-state index contributed by atoms with van der Waals surface area (Å²) in [7, 11) is 0. The van der Waals surface area contributed by atoms with Crippen LogP contribution in [0.25, 0.3) is 0 Å². The minimum absolute atomic E-state index is 0.0660. The van der Waals surface area contributed by atoms with Crippen molar-refractivity contribution in [2.45, 2.75) is 19.5 Å². The van der Waals surface area contributed by atoms with Crippen LogP contribution in [0.4, 0.5) is 24.5 Å². The Hall–Kier alpha value is -2.81. The molecule has 0 aliphatic rings. The molecule has 0 unspecified atom stereocenters. The number of benzene rings is 1. The van der Waals surface area contributed by atoms with Gasteiger partial charge in [0.2, 0.25) is 5.91 Å². The molecule has 0 bridgehead atoms. The van der Waals surface area contributed by atoms with Gasteiger partial charge >= 0.3 is 6.18 Å². The SMILES string of the molecule is CCCOCC(=O)Nc1ccc(NC(=O)c2ccoc2)cc1C(F)(F)F. The Balaban J connectivity index is 2.16. The van der Waals surface area contributed by atoms with E-state index in [-0.39, 0.29) is 17.9 Å². The number of alkyl halides is 3. The highest BCUT2D eigenvalue weighted by molar-refractivity contribution is 6.04. The van der Waals surface area contributed by atoms with Crippen LogP contribution in [0.3, 0.4) is 0 Å². The van der Waals surface area contributed by atoms with Crippen molar-refractivity contribution < 1.29 is 31.9 Å². The lowest BCUT2D eigenvalue weighted by Crippen LogP contribution is -2.21. The molecule has 140 valence electrons. The Bertz CT molecular complexity index is 758. The maximum atomic E-state index is 13.3. The molecular weight excluding hydrogens is 353 g/mol. The van der Waals surface area contributed by atoms with Crippen LogP contribution in [0.1, 0.15) is 29.3 Å². The van der Waals surface area contributed by atoms with Gasteiger partial charge in [-0.1, -0.05) is 6.92 Å².